The maximum atomic E-state index is 12.5. The van der Waals surface area contributed by atoms with E-state index in [2.05, 4.69) is 0 Å². The van der Waals surface area contributed by atoms with Crippen molar-refractivity contribution in [2.75, 3.05) is 0 Å². The van der Waals surface area contributed by atoms with E-state index in [1.165, 1.54) is 12.1 Å². The van der Waals surface area contributed by atoms with Gasteiger partial charge in [-0.25, -0.2) is 0 Å². The monoisotopic (exact) mass is 236 g/mol. The lowest BCUT2D eigenvalue weighted by atomic mass is 10.0. The average molecular weight is 237 g/mol. The van der Waals surface area contributed by atoms with Crippen LogP contribution in [-0.4, -0.2) is 5.11 Å². The second-order valence-corrected chi connectivity index (χ2v) is 4.13. The number of benzene rings is 1. The third kappa shape index (κ3) is 1.96. The SMILES string of the molecule is OC1(c2ccc(Cl)c(C(F)(F)F)c2)CC1. The molecule has 0 atom stereocenters. The van der Waals surface area contributed by atoms with Crippen LogP contribution in [-0.2, 0) is 11.8 Å². The average Bonchev–Trinajstić information content (AvgIpc) is 2.83. The highest BCUT2D eigenvalue weighted by atomic mass is 35.5. The third-order valence-electron chi connectivity index (χ3n) is 2.53. The molecule has 0 bridgehead atoms. The first kappa shape index (κ1) is 10.8. The largest absolute Gasteiger partial charge is 0.417 e. The van der Waals surface area contributed by atoms with Crippen molar-refractivity contribution in [3.63, 3.8) is 0 Å². The summed E-state index contributed by atoms with van der Waals surface area (Å²) in [6.07, 6.45) is -3.46. The molecule has 1 aliphatic carbocycles. The van der Waals surface area contributed by atoms with Gasteiger partial charge in [-0.1, -0.05) is 17.7 Å². The second kappa shape index (κ2) is 3.12. The Kier molecular flexibility index (Phi) is 2.24. The number of hydrogen-bond acceptors (Lipinski definition) is 1. The molecule has 1 fully saturated rings. The predicted octanol–water partition coefficient (Wildman–Crippen LogP) is 3.34. The zero-order chi connectivity index (χ0) is 11.3. The quantitative estimate of drug-likeness (QED) is 0.793. The fourth-order valence-electron chi connectivity index (χ4n) is 1.44. The van der Waals surface area contributed by atoms with Crippen molar-refractivity contribution in [3.8, 4) is 0 Å². The smallest absolute Gasteiger partial charge is 0.385 e. The van der Waals surface area contributed by atoms with Crippen molar-refractivity contribution in [3.05, 3.63) is 34.3 Å². The van der Waals surface area contributed by atoms with Crippen LogP contribution in [0.1, 0.15) is 24.0 Å². The molecule has 1 aromatic carbocycles. The Hall–Kier alpha value is -0.740. The van der Waals surface area contributed by atoms with E-state index in [1.807, 2.05) is 0 Å². The molecule has 0 amide bonds. The minimum Gasteiger partial charge on any atom is -0.385 e. The van der Waals surface area contributed by atoms with Gasteiger partial charge in [0, 0.05) is 0 Å². The molecular formula is C10H8ClF3O. The lowest BCUT2D eigenvalue weighted by Crippen LogP contribution is -2.10. The highest BCUT2D eigenvalue weighted by molar-refractivity contribution is 6.31. The molecule has 1 saturated carbocycles. The van der Waals surface area contributed by atoms with Gasteiger partial charge in [0.1, 0.15) is 0 Å². The van der Waals surface area contributed by atoms with Gasteiger partial charge in [0.2, 0.25) is 0 Å². The minimum atomic E-state index is -4.47. The van der Waals surface area contributed by atoms with Crippen LogP contribution in [0.2, 0.25) is 5.02 Å². The molecular weight excluding hydrogens is 229 g/mol. The van der Waals surface area contributed by atoms with E-state index in [0.29, 0.717) is 18.4 Å². The normalized spacial score (nSPS) is 19.0. The fraction of sp³-hybridized carbons (Fsp3) is 0.400. The first-order chi connectivity index (χ1) is 6.83. The Morgan fingerprint density at radius 2 is 1.87 bits per heavy atom. The summed E-state index contributed by atoms with van der Waals surface area (Å²) in [6, 6.07) is 3.54. The Labute approximate surface area is 89.5 Å². The van der Waals surface area contributed by atoms with E-state index in [4.69, 9.17) is 11.6 Å². The van der Waals surface area contributed by atoms with Crippen LogP contribution in [0.15, 0.2) is 18.2 Å². The van der Waals surface area contributed by atoms with Gasteiger partial charge in [-0.3, -0.25) is 0 Å². The summed E-state index contributed by atoms with van der Waals surface area (Å²) in [4.78, 5) is 0. The number of rotatable bonds is 1. The number of halogens is 4. The minimum absolute atomic E-state index is 0.291. The zero-order valence-corrected chi connectivity index (χ0v) is 8.36. The number of aliphatic hydroxyl groups is 1. The van der Waals surface area contributed by atoms with Crippen LogP contribution < -0.4 is 0 Å². The lowest BCUT2D eigenvalue weighted by molar-refractivity contribution is -0.137. The molecule has 82 valence electrons. The van der Waals surface area contributed by atoms with Crippen LogP contribution >= 0.6 is 11.6 Å². The van der Waals surface area contributed by atoms with Gasteiger partial charge < -0.3 is 5.11 Å². The summed E-state index contributed by atoms with van der Waals surface area (Å²) in [6.45, 7) is 0. The topological polar surface area (TPSA) is 20.2 Å². The summed E-state index contributed by atoms with van der Waals surface area (Å²) in [5, 5.41) is 9.33. The van der Waals surface area contributed by atoms with Crippen molar-refractivity contribution in [2.45, 2.75) is 24.6 Å². The van der Waals surface area contributed by atoms with Crippen LogP contribution in [0.4, 0.5) is 13.2 Å². The predicted molar refractivity (Wildman–Crippen MR) is 49.6 cm³/mol. The molecule has 15 heavy (non-hydrogen) atoms. The van der Waals surface area contributed by atoms with Crippen LogP contribution in [0, 0.1) is 0 Å². The van der Waals surface area contributed by atoms with Gasteiger partial charge in [0.25, 0.3) is 0 Å². The Bertz CT molecular complexity index is 396. The van der Waals surface area contributed by atoms with Crippen molar-refractivity contribution in [2.24, 2.45) is 0 Å². The standard InChI is InChI=1S/C10H8ClF3O/c11-8-2-1-6(9(15)3-4-9)5-7(8)10(12,13)14/h1-2,5,15H,3-4H2. The molecule has 0 spiro atoms. The molecule has 1 aromatic rings. The molecule has 0 aromatic heterocycles. The molecule has 0 saturated heterocycles. The molecule has 1 aliphatic rings. The van der Waals surface area contributed by atoms with E-state index in [9.17, 15) is 18.3 Å². The summed E-state index contributed by atoms with van der Waals surface area (Å²) in [7, 11) is 0. The van der Waals surface area contributed by atoms with Gasteiger partial charge in [-0.15, -0.1) is 0 Å². The molecule has 0 heterocycles. The van der Waals surface area contributed by atoms with E-state index in [1.54, 1.807) is 0 Å². The zero-order valence-electron chi connectivity index (χ0n) is 7.61. The number of alkyl halides is 3. The fourth-order valence-corrected chi connectivity index (χ4v) is 1.66. The van der Waals surface area contributed by atoms with Crippen molar-refractivity contribution in [1.29, 1.82) is 0 Å². The molecule has 0 aliphatic heterocycles. The molecule has 0 unspecified atom stereocenters. The van der Waals surface area contributed by atoms with Gasteiger partial charge in [0.05, 0.1) is 16.2 Å². The van der Waals surface area contributed by atoms with Crippen LogP contribution in [0.25, 0.3) is 0 Å². The van der Waals surface area contributed by atoms with Crippen molar-refractivity contribution >= 4 is 11.6 Å². The lowest BCUT2D eigenvalue weighted by Gasteiger charge is -2.13. The summed E-state index contributed by atoms with van der Waals surface area (Å²) >= 11 is 5.45. The molecule has 0 radical (unpaired) electrons. The second-order valence-electron chi connectivity index (χ2n) is 3.72. The van der Waals surface area contributed by atoms with Gasteiger partial charge in [-0.05, 0) is 30.5 Å². The maximum Gasteiger partial charge on any atom is 0.417 e. The molecule has 1 nitrogen and oxygen atoms in total. The van der Waals surface area contributed by atoms with Gasteiger partial charge in [0.15, 0.2) is 0 Å². The highest BCUT2D eigenvalue weighted by Gasteiger charge is 2.44. The van der Waals surface area contributed by atoms with Crippen molar-refractivity contribution in [1.82, 2.24) is 0 Å². The summed E-state index contributed by atoms with van der Waals surface area (Å²) in [5.41, 5.74) is -1.66. The Morgan fingerprint density at radius 3 is 2.33 bits per heavy atom. The first-order valence-corrected chi connectivity index (χ1v) is 4.80. The summed E-state index contributed by atoms with van der Waals surface area (Å²) in [5.74, 6) is 0. The van der Waals surface area contributed by atoms with E-state index in [0.717, 1.165) is 6.07 Å². The van der Waals surface area contributed by atoms with E-state index in [-0.39, 0.29) is 5.02 Å². The molecule has 1 N–H and O–H groups in total. The van der Waals surface area contributed by atoms with Crippen LogP contribution in [0.3, 0.4) is 0 Å². The Balaban J connectivity index is 2.46. The van der Waals surface area contributed by atoms with Gasteiger partial charge in [-0.2, -0.15) is 13.2 Å². The number of hydrogen-bond donors (Lipinski definition) is 1. The van der Waals surface area contributed by atoms with Crippen LogP contribution in [0.5, 0.6) is 0 Å². The maximum absolute atomic E-state index is 12.5. The Morgan fingerprint density at radius 1 is 1.27 bits per heavy atom. The summed E-state index contributed by atoms with van der Waals surface area (Å²) < 4.78 is 37.4. The molecule has 5 heteroatoms. The molecule has 2 rings (SSSR count). The van der Waals surface area contributed by atoms with E-state index < -0.39 is 17.3 Å². The van der Waals surface area contributed by atoms with Gasteiger partial charge >= 0.3 is 6.18 Å². The first-order valence-electron chi connectivity index (χ1n) is 4.42. The third-order valence-corrected chi connectivity index (χ3v) is 2.86. The highest BCUT2D eigenvalue weighted by Crippen LogP contribution is 2.47. The van der Waals surface area contributed by atoms with E-state index >= 15 is 0 Å². The van der Waals surface area contributed by atoms with Crippen molar-refractivity contribution < 1.29 is 18.3 Å².